The standard InChI is InChI=1S/C14H15ClN2O2/c15-11-1-2-12-10(5-11)6-13(19-12)14(18)17-8-9-3-4-16-7-9/h1-2,5-6,9,16H,3-4,7-8H2,(H,17,18). The molecule has 5 heteroatoms. The first-order chi connectivity index (χ1) is 9.22. The van der Waals surface area contributed by atoms with E-state index in [2.05, 4.69) is 10.6 Å². The summed E-state index contributed by atoms with van der Waals surface area (Å²) in [4.78, 5) is 12.0. The Morgan fingerprint density at radius 2 is 2.37 bits per heavy atom. The van der Waals surface area contributed by atoms with Gasteiger partial charge in [-0.3, -0.25) is 4.79 Å². The van der Waals surface area contributed by atoms with Gasteiger partial charge in [0, 0.05) is 17.0 Å². The minimum Gasteiger partial charge on any atom is -0.451 e. The van der Waals surface area contributed by atoms with Crippen molar-refractivity contribution >= 4 is 28.5 Å². The molecule has 2 heterocycles. The monoisotopic (exact) mass is 278 g/mol. The fourth-order valence-electron chi connectivity index (χ4n) is 2.34. The van der Waals surface area contributed by atoms with E-state index in [0.717, 1.165) is 24.9 Å². The number of rotatable bonds is 3. The van der Waals surface area contributed by atoms with Crippen molar-refractivity contribution in [2.24, 2.45) is 5.92 Å². The Morgan fingerprint density at radius 1 is 1.47 bits per heavy atom. The number of hydrogen-bond donors (Lipinski definition) is 2. The van der Waals surface area contributed by atoms with Gasteiger partial charge in [-0.15, -0.1) is 0 Å². The van der Waals surface area contributed by atoms with Gasteiger partial charge in [-0.1, -0.05) is 11.6 Å². The molecule has 1 aromatic heterocycles. The van der Waals surface area contributed by atoms with E-state index in [-0.39, 0.29) is 5.91 Å². The minimum atomic E-state index is -0.167. The number of carbonyl (C=O) groups is 1. The van der Waals surface area contributed by atoms with E-state index < -0.39 is 0 Å². The number of nitrogens with one attached hydrogen (secondary N) is 2. The van der Waals surface area contributed by atoms with Gasteiger partial charge in [-0.2, -0.15) is 0 Å². The first-order valence-corrected chi connectivity index (χ1v) is 6.78. The molecule has 1 aromatic carbocycles. The fraction of sp³-hybridized carbons (Fsp3) is 0.357. The topological polar surface area (TPSA) is 54.3 Å². The Balaban J connectivity index is 1.70. The third-order valence-corrected chi connectivity index (χ3v) is 3.65. The highest BCUT2D eigenvalue weighted by Crippen LogP contribution is 2.23. The molecule has 0 radical (unpaired) electrons. The number of benzene rings is 1. The van der Waals surface area contributed by atoms with Crippen molar-refractivity contribution in [2.45, 2.75) is 6.42 Å². The summed E-state index contributed by atoms with van der Waals surface area (Å²) in [6.07, 6.45) is 1.11. The quantitative estimate of drug-likeness (QED) is 0.907. The zero-order valence-electron chi connectivity index (χ0n) is 10.4. The second-order valence-corrected chi connectivity index (χ2v) is 5.30. The Kier molecular flexibility index (Phi) is 3.44. The van der Waals surface area contributed by atoms with Gasteiger partial charge in [0.05, 0.1) is 0 Å². The SMILES string of the molecule is O=C(NCC1CCNC1)c1cc2cc(Cl)ccc2o1. The van der Waals surface area contributed by atoms with Crippen LogP contribution in [-0.2, 0) is 0 Å². The maximum absolute atomic E-state index is 12.0. The summed E-state index contributed by atoms with van der Waals surface area (Å²) >= 11 is 5.91. The molecule has 0 aliphatic carbocycles. The van der Waals surface area contributed by atoms with Crippen LogP contribution < -0.4 is 10.6 Å². The zero-order valence-corrected chi connectivity index (χ0v) is 11.2. The van der Waals surface area contributed by atoms with Crippen LogP contribution in [0.5, 0.6) is 0 Å². The van der Waals surface area contributed by atoms with Gasteiger partial charge >= 0.3 is 0 Å². The van der Waals surface area contributed by atoms with Gasteiger partial charge in [0.15, 0.2) is 5.76 Å². The van der Waals surface area contributed by atoms with Crippen LogP contribution in [0.4, 0.5) is 0 Å². The highest BCUT2D eigenvalue weighted by Gasteiger charge is 2.17. The summed E-state index contributed by atoms with van der Waals surface area (Å²) < 4.78 is 5.51. The van der Waals surface area contributed by atoms with E-state index in [1.165, 1.54) is 0 Å². The third-order valence-electron chi connectivity index (χ3n) is 3.42. The average molecular weight is 279 g/mol. The first kappa shape index (κ1) is 12.5. The number of fused-ring (bicyclic) bond motifs is 1. The second kappa shape index (κ2) is 5.23. The molecule has 100 valence electrons. The van der Waals surface area contributed by atoms with E-state index in [1.54, 1.807) is 24.3 Å². The third kappa shape index (κ3) is 2.74. The molecule has 1 aliphatic heterocycles. The van der Waals surface area contributed by atoms with E-state index in [9.17, 15) is 4.79 Å². The predicted molar refractivity (Wildman–Crippen MR) is 74.5 cm³/mol. The molecule has 1 aliphatic rings. The molecule has 0 bridgehead atoms. The molecule has 1 atom stereocenters. The lowest BCUT2D eigenvalue weighted by Gasteiger charge is -2.08. The second-order valence-electron chi connectivity index (χ2n) is 4.86. The minimum absolute atomic E-state index is 0.167. The van der Waals surface area contributed by atoms with Gasteiger partial charge < -0.3 is 15.1 Å². The zero-order chi connectivity index (χ0) is 13.2. The Morgan fingerprint density at radius 3 is 3.16 bits per heavy atom. The van der Waals surface area contributed by atoms with Crippen molar-refractivity contribution < 1.29 is 9.21 Å². The van der Waals surface area contributed by atoms with Crippen LogP contribution in [0.25, 0.3) is 11.0 Å². The summed E-state index contributed by atoms with van der Waals surface area (Å²) in [6, 6.07) is 7.04. The van der Waals surface area contributed by atoms with Crippen LogP contribution in [0.2, 0.25) is 5.02 Å². The number of furan rings is 1. The van der Waals surface area contributed by atoms with Crippen molar-refractivity contribution in [3.05, 3.63) is 35.0 Å². The molecule has 4 nitrogen and oxygen atoms in total. The molecular weight excluding hydrogens is 264 g/mol. The lowest BCUT2D eigenvalue weighted by Crippen LogP contribution is -2.29. The van der Waals surface area contributed by atoms with E-state index in [1.807, 2.05) is 0 Å². The lowest BCUT2D eigenvalue weighted by molar-refractivity contribution is 0.0922. The molecule has 2 aromatic rings. The van der Waals surface area contributed by atoms with Crippen LogP contribution in [0.15, 0.2) is 28.7 Å². The van der Waals surface area contributed by atoms with Crippen molar-refractivity contribution in [3.63, 3.8) is 0 Å². The van der Waals surface area contributed by atoms with E-state index in [0.29, 0.717) is 28.8 Å². The Labute approximate surface area is 116 Å². The molecule has 1 amide bonds. The Hall–Kier alpha value is -1.52. The number of hydrogen-bond acceptors (Lipinski definition) is 3. The van der Waals surface area contributed by atoms with Crippen molar-refractivity contribution in [1.82, 2.24) is 10.6 Å². The molecule has 3 rings (SSSR count). The van der Waals surface area contributed by atoms with Gasteiger partial charge in [0.1, 0.15) is 5.58 Å². The van der Waals surface area contributed by atoms with Gasteiger partial charge in [0.25, 0.3) is 5.91 Å². The smallest absolute Gasteiger partial charge is 0.287 e. The normalized spacial score (nSPS) is 18.9. The number of amides is 1. The predicted octanol–water partition coefficient (Wildman–Crippen LogP) is 2.43. The van der Waals surface area contributed by atoms with Gasteiger partial charge in [-0.05, 0) is 49.7 Å². The summed E-state index contributed by atoms with van der Waals surface area (Å²) in [5.74, 6) is 0.685. The highest BCUT2D eigenvalue weighted by atomic mass is 35.5. The summed E-state index contributed by atoms with van der Waals surface area (Å²) in [5.41, 5.74) is 0.678. The van der Waals surface area contributed by atoms with Gasteiger partial charge in [-0.25, -0.2) is 0 Å². The molecular formula is C14H15ClN2O2. The molecule has 1 fully saturated rings. The van der Waals surface area contributed by atoms with Crippen LogP contribution >= 0.6 is 11.6 Å². The van der Waals surface area contributed by atoms with Crippen molar-refractivity contribution in [1.29, 1.82) is 0 Å². The van der Waals surface area contributed by atoms with Crippen molar-refractivity contribution in [3.8, 4) is 0 Å². The molecule has 2 N–H and O–H groups in total. The maximum Gasteiger partial charge on any atom is 0.287 e. The Bertz CT molecular complexity index is 603. The van der Waals surface area contributed by atoms with Gasteiger partial charge in [0.2, 0.25) is 0 Å². The first-order valence-electron chi connectivity index (χ1n) is 6.40. The number of carbonyl (C=O) groups excluding carboxylic acids is 1. The molecule has 1 unspecified atom stereocenters. The molecule has 0 spiro atoms. The van der Waals surface area contributed by atoms with E-state index in [4.69, 9.17) is 16.0 Å². The van der Waals surface area contributed by atoms with Crippen LogP contribution in [0.3, 0.4) is 0 Å². The largest absolute Gasteiger partial charge is 0.451 e. The average Bonchev–Trinajstić information content (AvgIpc) is 3.04. The maximum atomic E-state index is 12.0. The van der Waals surface area contributed by atoms with Crippen LogP contribution in [0, 0.1) is 5.92 Å². The lowest BCUT2D eigenvalue weighted by atomic mass is 10.1. The van der Waals surface area contributed by atoms with Crippen LogP contribution in [0.1, 0.15) is 17.0 Å². The number of halogens is 1. The van der Waals surface area contributed by atoms with Crippen LogP contribution in [-0.4, -0.2) is 25.5 Å². The summed E-state index contributed by atoms with van der Waals surface area (Å²) in [7, 11) is 0. The fourth-order valence-corrected chi connectivity index (χ4v) is 2.52. The molecule has 19 heavy (non-hydrogen) atoms. The van der Waals surface area contributed by atoms with Crippen molar-refractivity contribution in [2.75, 3.05) is 19.6 Å². The molecule has 1 saturated heterocycles. The summed E-state index contributed by atoms with van der Waals surface area (Å²) in [5, 5.41) is 7.67. The van der Waals surface area contributed by atoms with E-state index >= 15 is 0 Å². The highest BCUT2D eigenvalue weighted by molar-refractivity contribution is 6.31. The summed E-state index contributed by atoms with van der Waals surface area (Å²) in [6.45, 7) is 2.68. The molecule has 0 saturated carbocycles.